The average Bonchev–Trinajstić information content (AvgIpc) is 2.91. The Morgan fingerprint density at radius 3 is 2.61 bits per heavy atom. The smallest absolute Gasteiger partial charge is 0.378 e. The number of ether oxygens (including phenoxy) is 1. The van der Waals surface area contributed by atoms with Crippen LogP contribution in [0.4, 0.5) is 0 Å². The highest BCUT2D eigenvalue weighted by Gasteiger charge is 2.17. The first-order valence-corrected chi connectivity index (χ1v) is 7.52. The predicted octanol–water partition coefficient (Wildman–Crippen LogP) is 3.40. The normalized spacial score (nSPS) is 11.0. The van der Waals surface area contributed by atoms with Crippen LogP contribution >= 0.6 is 23.2 Å². The molecule has 0 saturated heterocycles. The highest BCUT2D eigenvalue weighted by atomic mass is 35.5. The number of hydrogen-bond acceptors (Lipinski definition) is 5. The highest BCUT2D eigenvalue weighted by Crippen LogP contribution is 2.25. The molecular formula is C15H12Cl2N4O2. The van der Waals surface area contributed by atoms with Gasteiger partial charge in [0.2, 0.25) is 0 Å². The number of aryl methyl sites for hydroxylation is 2. The van der Waals surface area contributed by atoms with Gasteiger partial charge in [-0.3, -0.25) is 0 Å². The summed E-state index contributed by atoms with van der Waals surface area (Å²) >= 11 is 12.1. The van der Waals surface area contributed by atoms with Gasteiger partial charge in [-0.1, -0.05) is 29.3 Å². The summed E-state index contributed by atoms with van der Waals surface area (Å²) in [5.74, 6) is -0.372. The zero-order valence-corrected chi connectivity index (χ0v) is 13.9. The lowest BCUT2D eigenvalue weighted by atomic mass is 10.2. The minimum atomic E-state index is -0.663. The lowest BCUT2D eigenvalue weighted by Crippen LogP contribution is -2.08. The van der Waals surface area contributed by atoms with Crippen molar-refractivity contribution in [2.24, 2.45) is 0 Å². The molecule has 0 aliphatic rings. The van der Waals surface area contributed by atoms with Crippen molar-refractivity contribution in [2.75, 3.05) is 0 Å². The number of aromatic nitrogens is 4. The van der Waals surface area contributed by atoms with Crippen LogP contribution in [0.2, 0.25) is 10.0 Å². The first-order chi connectivity index (χ1) is 11.0. The van der Waals surface area contributed by atoms with Crippen LogP contribution in [0.5, 0.6) is 0 Å². The molecule has 0 radical (unpaired) electrons. The van der Waals surface area contributed by atoms with E-state index >= 15 is 0 Å². The number of fused-ring (bicyclic) bond motifs is 1. The van der Waals surface area contributed by atoms with Gasteiger partial charge in [-0.25, -0.2) is 14.3 Å². The molecule has 23 heavy (non-hydrogen) atoms. The standard InChI is InChI=1S/C15H12Cl2N4O2/c1-8-6-9(2)21-15(18-8)19-13(20-21)14(22)23-7-10-11(16)4-3-5-12(10)17/h3-6H,7H2,1-2H3. The van der Waals surface area contributed by atoms with Crippen molar-refractivity contribution in [3.05, 3.63) is 57.1 Å². The molecule has 118 valence electrons. The summed E-state index contributed by atoms with van der Waals surface area (Å²) in [6.07, 6.45) is 0. The van der Waals surface area contributed by atoms with Crippen molar-refractivity contribution in [3.63, 3.8) is 0 Å². The van der Waals surface area contributed by atoms with Gasteiger partial charge in [0.15, 0.2) is 0 Å². The first-order valence-electron chi connectivity index (χ1n) is 6.77. The Morgan fingerprint density at radius 2 is 1.91 bits per heavy atom. The van der Waals surface area contributed by atoms with E-state index in [4.69, 9.17) is 27.9 Å². The molecule has 3 aromatic rings. The van der Waals surface area contributed by atoms with Crippen LogP contribution in [0.15, 0.2) is 24.3 Å². The van der Waals surface area contributed by atoms with Crippen molar-refractivity contribution < 1.29 is 9.53 Å². The van der Waals surface area contributed by atoms with E-state index in [1.165, 1.54) is 4.52 Å². The van der Waals surface area contributed by atoms with Gasteiger partial charge in [-0.2, -0.15) is 4.98 Å². The second kappa shape index (κ2) is 6.14. The van der Waals surface area contributed by atoms with Crippen LogP contribution in [0.25, 0.3) is 5.78 Å². The highest BCUT2D eigenvalue weighted by molar-refractivity contribution is 6.35. The van der Waals surface area contributed by atoms with E-state index < -0.39 is 5.97 Å². The van der Waals surface area contributed by atoms with Gasteiger partial charge in [-0.15, -0.1) is 5.10 Å². The summed E-state index contributed by atoms with van der Waals surface area (Å²) < 4.78 is 6.69. The Labute approximate surface area is 142 Å². The van der Waals surface area contributed by atoms with Gasteiger partial charge in [0.05, 0.1) is 0 Å². The SMILES string of the molecule is Cc1cc(C)n2nc(C(=O)OCc3c(Cl)cccc3Cl)nc2n1. The molecule has 0 unspecified atom stereocenters. The van der Waals surface area contributed by atoms with E-state index in [0.717, 1.165) is 11.4 Å². The van der Waals surface area contributed by atoms with Crippen LogP contribution in [0.3, 0.4) is 0 Å². The average molecular weight is 351 g/mol. The quantitative estimate of drug-likeness (QED) is 0.677. The minimum Gasteiger partial charge on any atom is -0.455 e. The van der Waals surface area contributed by atoms with Gasteiger partial charge in [0.1, 0.15) is 6.61 Å². The van der Waals surface area contributed by atoms with E-state index in [2.05, 4.69) is 15.1 Å². The van der Waals surface area contributed by atoms with Crippen molar-refractivity contribution in [1.82, 2.24) is 19.6 Å². The number of esters is 1. The third-order valence-corrected chi connectivity index (χ3v) is 3.92. The lowest BCUT2D eigenvalue weighted by Gasteiger charge is -2.06. The second-order valence-electron chi connectivity index (χ2n) is 4.96. The summed E-state index contributed by atoms with van der Waals surface area (Å²) in [4.78, 5) is 20.4. The van der Waals surface area contributed by atoms with Crippen molar-refractivity contribution in [1.29, 1.82) is 0 Å². The van der Waals surface area contributed by atoms with Gasteiger partial charge in [0, 0.05) is 27.0 Å². The largest absolute Gasteiger partial charge is 0.455 e. The summed E-state index contributed by atoms with van der Waals surface area (Å²) in [5, 5.41) is 4.98. The number of carbonyl (C=O) groups is 1. The van der Waals surface area contributed by atoms with Crippen LogP contribution < -0.4 is 0 Å². The molecule has 0 aliphatic heterocycles. The topological polar surface area (TPSA) is 69.4 Å². The van der Waals surface area contributed by atoms with E-state index in [9.17, 15) is 4.79 Å². The maximum atomic E-state index is 12.1. The monoisotopic (exact) mass is 350 g/mol. The van der Waals surface area contributed by atoms with E-state index in [1.807, 2.05) is 19.9 Å². The van der Waals surface area contributed by atoms with E-state index in [1.54, 1.807) is 18.2 Å². The fraction of sp³-hybridized carbons (Fsp3) is 0.200. The van der Waals surface area contributed by atoms with Crippen LogP contribution in [0.1, 0.15) is 27.6 Å². The maximum absolute atomic E-state index is 12.1. The molecule has 1 aromatic carbocycles. The third kappa shape index (κ3) is 3.13. The minimum absolute atomic E-state index is 0.0572. The Bertz CT molecular complexity index is 888. The molecular weight excluding hydrogens is 339 g/mol. The molecule has 3 rings (SSSR count). The molecule has 0 amide bonds. The Balaban J connectivity index is 1.82. The van der Waals surface area contributed by atoms with Gasteiger partial charge in [0.25, 0.3) is 11.6 Å². The van der Waals surface area contributed by atoms with Crippen molar-refractivity contribution in [3.8, 4) is 0 Å². The fourth-order valence-corrected chi connectivity index (χ4v) is 2.63. The zero-order valence-electron chi connectivity index (χ0n) is 12.4. The maximum Gasteiger partial charge on any atom is 0.378 e. The van der Waals surface area contributed by atoms with Gasteiger partial charge >= 0.3 is 5.97 Å². The first kappa shape index (κ1) is 15.7. The van der Waals surface area contributed by atoms with E-state index in [-0.39, 0.29) is 12.4 Å². The molecule has 0 N–H and O–H groups in total. The molecule has 2 aromatic heterocycles. The molecule has 0 spiro atoms. The Kier molecular flexibility index (Phi) is 4.19. The van der Waals surface area contributed by atoms with Gasteiger partial charge < -0.3 is 4.74 Å². The van der Waals surface area contributed by atoms with Gasteiger partial charge in [-0.05, 0) is 32.0 Å². The molecule has 6 nitrogen and oxygen atoms in total. The zero-order chi connectivity index (χ0) is 16.6. The Morgan fingerprint density at radius 1 is 1.22 bits per heavy atom. The van der Waals surface area contributed by atoms with E-state index in [0.29, 0.717) is 21.4 Å². The molecule has 0 atom stereocenters. The number of hydrogen-bond donors (Lipinski definition) is 0. The molecule has 2 heterocycles. The lowest BCUT2D eigenvalue weighted by molar-refractivity contribution is 0.0459. The van der Waals surface area contributed by atoms with Crippen LogP contribution in [0, 0.1) is 13.8 Å². The molecule has 0 saturated carbocycles. The van der Waals surface area contributed by atoms with Crippen LogP contribution in [-0.2, 0) is 11.3 Å². The molecule has 0 fully saturated rings. The Hall–Kier alpha value is -2.18. The number of carbonyl (C=O) groups excluding carboxylic acids is 1. The number of benzene rings is 1. The summed E-state index contributed by atoms with van der Waals surface area (Å²) in [6, 6.07) is 6.92. The van der Waals surface area contributed by atoms with Crippen molar-refractivity contribution >= 4 is 34.9 Å². The fourth-order valence-electron chi connectivity index (χ4n) is 2.13. The molecule has 8 heteroatoms. The predicted molar refractivity (Wildman–Crippen MR) is 85.8 cm³/mol. The summed E-state index contributed by atoms with van der Waals surface area (Å²) in [6.45, 7) is 3.65. The van der Waals surface area contributed by atoms with Crippen molar-refractivity contribution in [2.45, 2.75) is 20.5 Å². The summed E-state index contributed by atoms with van der Waals surface area (Å²) in [7, 11) is 0. The van der Waals surface area contributed by atoms with Crippen LogP contribution in [-0.4, -0.2) is 25.6 Å². The third-order valence-electron chi connectivity index (χ3n) is 3.21. The number of halogens is 2. The second-order valence-corrected chi connectivity index (χ2v) is 5.78. The molecule has 0 bridgehead atoms. The number of rotatable bonds is 3. The summed E-state index contributed by atoms with van der Waals surface area (Å²) in [5.41, 5.74) is 2.16. The molecule has 0 aliphatic carbocycles. The number of nitrogens with zero attached hydrogens (tertiary/aromatic N) is 4.